The summed E-state index contributed by atoms with van der Waals surface area (Å²) in [6, 6.07) is 26.9. The summed E-state index contributed by atoms with van der Waals surface area (Å²) in [6.07, 6.45) is 0.856. The van der Waals surface area contributed by atoms with E-state index in [-0.39, 0.29) is 0 Å². The van der Waals surface area contributed by atoms with Crippen LogP contribution in [0.15, 0.2) is 78.9 Å². The molecule has 5 rings (SSSR count). The summed E-state index contributed by atoms with van der Waals surface area (Å²) in [4.78, 5) is -1.07. The molecule has 1 aliphatic rings. The van der Waals surface area contributed by atoms with Crippen molar-refractivity contribution in [3.63, 3.8) is 0 Å². The number of benzene rings is 4. The van der Waals surface area contributed by atoms with Crippen LogP contribution < -0.4 is 0 Å². The largest absolute Gasteiger partial charge is 0.222 e. The fourth-order valence-corrected chi connectivity index (χ4v) is 4.77. The van der Waals surface area contributed by atoms with Crippen LogP contribution in [0.5, 0.6) is 0 Å². The molecule has 0 amide bonds. The van der Waals surface area contributed by atoms with Crippen LogP contribution in [-0.4, -0.2) is 4.84 Å². The first-order valence-electron chi connectivity index (χ1n) is 9.70. The highest BCUT2D eigenvalue weighted by molar-refractivity contribution is 6.45. The first-order chi connectivity index (χ1) is 14.0. The lowest BCUT2D eigenvalue weighted by atomic mass is 9.83. The highest BCUT2D eigenvalue weighted by Gasteiger charge is 2.38. The predicted octanol–water partition coefficient (Wildman–Crippen LogP) is 7.53. The second-order valence-electron chi connectivity index (χ2n) is 7.78. The summed E-state index contributed by atoms with van der Waals surface area (Å²) >= 11 is 12.4. The molecule has 3 heteroatoms. The second-order valence-corrected chi connectivity index (χ2v) is 8.88. The first kappa shape index (κ1) is 18.7. The Morgan fingerprint density at radius 3 is 2.21 bits per heavy atom. The van der Waals surface area contributed by atoms with Gasteiger partial charge in [-0.25, -0.2) is 5.11 Å². The SMILES string of the molecule is CC([O])(c1c(-c2cccc3c2Cc2ccccc2-3)ccc2ccccc12)C(Cl)Cl. The van der Waals surface area contributed by atoms with Crippen LogP contribution in [0.1, 0.15) is 23.6 Å². The van der Waals surface area contributed by atoms with Crippen molar-refractivity contribution >= 4 is 34.0 Å². The minimum Gasteiger partial charge on any atom is -0.222 e. The molecule has 1 unspecified atom stereocenters. The molecule has 0 bridgehead atoms. The molecule has 0 fully saturated rings. The van der Waals surface area contributed by atoms with Crippen LogP contribution in [0.4, 0.5) is 0 Å². The molecule has 0 saturated carbocycles. The van der Waals surface area contributed by atoms with Crippen molar-refractivity contribution in [1.29, 1.82) is 0 Å². The molecular formula is C26H19Cl2O. The Labute approximate surface area is 180 Å². The van der Waals surface area contributed by atoms with E-state index in [9.17, 15) is 5.11 Å². The number of hydrogen-bond donors (Lipinski definition) is 0. The molecule has 29 heavy (non-hydrogen) atoms. The number of alkyl halides is 2. The zero-order valence-corrected chi connectivity index (χ0v) is 17.5. The van der Waals surface area contributed by atoms with E-state index in [4.69, 9.17) is 23.2 Å². The lowest BCUT2D eigenvalue weighted by Crippen LogP contribution is -2.28. The average molecular weight is 418 g/mol. The topological polar surface area (TPSA) is 19.9 Å². The van der Waals surface area contributed by atoms with Crippen molar-refractivity contribution in [3.8, 4) is 22.3 Å². The van der Waals surface area contributed by atoms with Crippen molar-refractivity contribution in [2.45, 2.75) is 23.8 Å². The third kappa shape index (κ3) is 2.88. The van der Waals surface area contributed by atoms with Crippen LogP contribution >= 0.6 is 23.2 Å². The zero-order valence-electron chi connectivity index (χ0n) is 16.0. The van der Waals surface area contributed by atoms with Crippen LogP contribution in [0.2, 0.25) is 0 Å². The molecule has 1 aliphatic carbocycles. The summed E-state index contributed by atoms with van der Waals surface area (Å²) < 4.78 is 0. The van der Waals surface area contributed by atoms with E-state index < -0.39 is 10.4 Å². The third-order valence-electron chi connectivity index (χ3n) is 5.98. The van der Waals surface area contributed by atoms with Gasteiger partial charge in [0.05, 0.1) is 0 Å². The maximum atomic E-state index is 13.7. The predicted molar refractivity (Wildman–Crippen MR) is 121 cm³/mol. The van der Waals surface area contributed by atoms with Gasteiger partial charge in [-0.2, -0.15) is 0 Å². The maximum absolute atomic E-state index is 13.7. The van der Waals surface area contributed by atoms with Gasteiger partial charge in [0, 0.05) is 5.56 Å². The van der Waals surface area contributed by atoms with Crippen LogP contribution in [0.25, 0.3) is 33.0 Å². The van der Waals surface area contributed by atoms with Gasteiger partial charge in [-0.05, 0) is 57.5 Å². The van der Waals surface area contributed by atoms with Gasteiger partial charge in [0.15, 0.2) is 5.60 Å². The van der Waals surface area contributed by atoms with E-state index in [0.717, 1.165) is 28.3 Å². The molecule has 0 heterocycles. The molecule has 0 N–H and O–H groups in total. The molecule has 1 radical (unpaired) electrons. The summed E-state index contributed by atoms with van der Waals surface area (Å²) in [6.45, 7) is 1.58. The normalized spacial score (nSPS) is 14.7. The average Bonchev–Trinajstić information content (AvgIpc) is 3.11. The fourth-order valence-electron chi connectivity index (χ4n) is 4.55. The maximum Gasteiger partial charge on any atom is 0.157 e. The van der Waals surface area contributed by atoms with Gasteiger partial charge in [0.25, 0.3) is 0 Å². The van der Waals surface area contributed by atoms with Gasteiger partial charge >= 0.3 is 0 Å². The second kappa shape index (κ2) is 6.88. The molecule has 4 aromatic rings. The van der Waals surface area contributed by atoms with Gasteiger partial charge in [-0.1, -0.05) is 78.9 Å². The third-order valence-corrected chi connectivity index (χ3v) is 6.82. The van der Waals surface area contributed by atoms with E-state index in [2.05, 4.69) is 48.5 Å². The molecule has 0 saturated heterocycles. The highest BCUT2D eigenvalue weighted by atomic mass is 35.5. The van der Waals surface area contributed by atoms with Crippen molar-refractivity contribution in [1.82, 2.24) is 0 Å². The number of fused-ring (bicyclic) bond motifs is 4. The Morgan fingerprint density at radius 2 is 1.41 bits per heavy atom. The van der Waals surface area contributed by atoms with E-state index in [0.29, 0.717) is 5.56 Å². The Hall–Kier alpha value is -2.32. The van der Waals surface area contributed by atoms with Crippen LogP contribution in [0.3, 0.4) is 0 Å². The van der Waals surface area contributed by atoms with Crippen LogP contribution in [0, 0.1) is 0 Å². The number of rotatable bonds is 3. The van der Waals surface area contributed by atoms with Gasteiger partial charge < -0.3 is 0 Å². The lowest BCUT2D eigenvalue weighted by molar-refractivity contribution is -0.00369. The number of hydrogen-bond acceptors (Lipinski definition) is 0. The molecule has 0 aliphatic heterocycles. The summed E-state index contributed by atoms with van der Waals surface area (Å²) in [7, 11) is 0. The quantitative estimate of drug-likeness (QED) is 0.270. The van der Waals surface area contributed by atoms with Gasteiger partial charge in [0.2, 0.25) is 0 Å². The van der Waals surface area contributed by atoms with E-state index in [1.807, 2.05) is 30.3 Å². The summed E-state index contributed by atoms with van der Waals surface area (Å²) in [5.74, 6) is 0. The van der Waals surface area contributed by atoms with Gasteiger partial charge in [-0.15, -0.1) is 23.2 Å². The lowest BCUT2D eigenvalue weighted by Gasteiger charge is -2.28. The molecular weight excluding hydrogens is 399 g/mol. The fraction of sp³-hybridized carbons (Fsp3) is 0.154. The Morgan fingerprint density at radius 1 is 0.759 bits per heavy atom. The zero-order chi connectivity index (χ0) is 20.2. The van der Waals surface area contributed by atoms with Crippen molar-refractivity contribution < 1.29 is 5.11 Å². The van der Waals surface area contributed by atoms with Crippen molar-refractivity contribution in [3.05, 3.63) is 95.6 Å². The molecule has 143 valence electrons. The smallest absolute Gasteiger partial charge is 0.157 e. The standard InChI is InChI=1S/C26H19Cl2O/c1-26(29,25(27)28)24-19-10-5-2-7-16(19)13-14-22(24)21-12-6-11-20-18-9-4-3-8-17(18)15-23(20)21/h2-14,25H,15H2,1H3. The summed E-state index contributed by atoms with van der Waals surface area (Å²) in [5, 5.41) is 15.6. The first-order valence-corrected chi connectivity index (χ1v) is 10.6. The highest BCUT2D eigenvalue weighted by Crippen LogP contribution is 2.46. The van der Waals surface area contributed by atoms with Crippen LogP contribution in [-0.2, 0) is 17.1 Å². The molecule has 1 atom stereocenters. The molecule has 0 aromatic heterocycles. The molecule has 4 aromatic carbocycles. The number of halogens is 2. The Kier molecular flexibility index (Phi) is 4.43. The minimum absolute atomic E-state index is 0.662. The summed E-state index contributed by atoms with van der Waals surface area (Å²) in [5.41, 5.74) is 6.08. The molecule has 1 nitrogen and oxygen atoms in total. The van der Waals surface area contributed by atoms with E-state index in [1.165, 1.54) is 22.3 Å². The minimum atomic E-state index is -1.65. The monoisotopic (exact) mass is 417 g/mol. The Bertz CT molecular complexity index is 1240. The van der Waals surface area contributed by atoms with E-state index in [1.54, 1.807) is 6.92 Å². The molecule has 0 spiro atoms. The van der Waals surface area contributed by atoms with Crippen molar-refractivity contribution in [2.24, 2.45) is 0 Å². The van der Waals surface area contributed by atoms with Gasteiger partial charge in [0.1, 0.15) is 4.84 Å². The van der Waals surface area contributed by atoms with Gasteiger partial charge in [-0.3, -0.25) is 0 Å². The van der Waals surface area contributed by atoms with E-state index >= 15 is 0 Å². The van der Waals surface area contributed by atoms with Crippen molar-refractivity contribution in [2.75, 3.05) is 0 Å². The Balaban J connectivity index is 1.82.